The van der Waals surface area contributed by atoms with Crippen molar-refractivity contribution in [2.24, 2.45) is 5.73 Å². The third-order valence-electron chi connectivity index (χ3n) is 4.41. The van der Waals surface area contributed by atoms with E-state index in [0.29, 0.717) is 28.9 Å². The second kappa shape index (κ2) is 8.90. The zero-order chi connectivity index (χ0) is 20.9. The van der Waals surface area contributed by atoms with Crippen LogP contribution in [0.15, 0.2) is 67.1 Å². The van der Waals surface area contributed by atoms with Crippen molar-refractivity contribution in [1.82, 2.24) is 15.0 Å². The second-order valence-electron chi connectivity index (χ2n) is 6.64. The first-order valence-electron chi connectivity index (χ1n) is 9.41. The summed E-state index contributed by atoms with van der Waals surface area (Å²) in [5.41, 5.74) is 9.13. The van der Waals surface area contributed by atoms with Gasteiger partial charge in [-0.1, -0.05) is 29.8 Å². The number of ether oxygens (including phenoxy) is 1. The van der Waals surface area contributed by atoms with E-state index in [0.717, 1.165) is 27.8 Å². The smallest absolute Gasteiger partial charge is 0.146 e. The van der Waals surface area contributed by atoms with E-state index in [-0.39, 0.29) is 0 Å². The fourth-order valence-corrected chi connectivity index (χ4v) is 3.14. The number of hydrogen-bond acceptors (Lipinski definition) is 6. The van der Waals surface area contributed by atoms with Gasteiger partial charge >= 0.3 is 0 Å². The van der Waals surface area contributed by atoms with Crippen LogP contribution in [0.25, 0.3) is 17.0 Å². The number of pyridine rings is 1. The molecule has 0 saturated carbocycles. The molecular weight excluding hydrogens is 398 g/mol. The number of hydrogen-bond donors (Lipinski definition) is 2. The van der Waals surface area contributed by atoms with E-state index >= 15 is 0 Å². The highest BCUT2D eigenvalue weighted by Crippen LogP contribution is 2.33. The van der Waals surface area contributed by atoms with Gasteiger partial charge in [0.2, 0.25) is 0 Å². The Morgan fingerprint density at radius 3 is 2.73 bits per heavy atom. The number of nitrogens with zero attached hydrogens (tertiary/aromatic N) is 3. The number of nitrogens with one attached hydrogen (secondary N) is 1. The number of anilines is 2. The molecule has 150 valence electrons. The van der Waals surface area contributed by atoms with E-state index in [1.807, 2.05) is 61.5 Å². The first-order valence-corrected chi connectivity index (χ1v) is 9.78. The lowest BCUT2D eigenvalue weighted by Crippen LogP contribution is -1.97. The van der Waals surface area contributed by atoms with Crippen molar-refractivity contribution in [3.05, 3.63) is 83.4 Å². The molecule has 6 nitrogen and oxygen atoms in total. The molecule has 4 rings (SSSR count). The Morgan fingerprint density at radius 1 is 1.07 bits per heavy atom. The lowest BCUT2D eigenvalue weighted by Gasteiger charge is -2.12. The topological polar surface area (TPSA) is 86.0 Å². The molecule has 2 aromatic carbocycles. The van der Waals surface area contributed by atoms with Crippen molar-refractivity contribution in [3.63, 3.8) is 0 Å². The SMILES string of the molecule is Cc1ccc(Oc2ccc(Nc3ncnc4ccc(C=CCN)cc34)cc2Cl)cn1. The second-order valence-corrected chi connectivity index (χ2v) is 7.05. The standard InChI is InChI=1S/C23H20ClN5O/c1-15-4-7-18(13-26-15)30-22-9-6-17(12-20(22)24)29-23-19-11-16(3-2-10-25)5-8-21(19)27-14-28-23/h2-9,11-14H,10,25H2,1H3,(H,27,28,29). The Kier molecular flexibility index (Phi) is 5.88. The van der Waals surface area contributed by atoms with Gasteiger partial charge in [0.25, 0.3) is 0 Å². The number of aromatic nitrogens is 3. The van der Waals surface area contributed by atoms with Crippen molar-refractivity contribution in [1.29, 1.82) is 0 Å². The lowest BCUT2D eigenvalue weighted by atomic mass is 10.1. The van der Waals surface area contributed by atoms with Crippen molar-refractivity contribution < 1.29 is 4.74 Å². The van der Waals surface area contributed by atoms with Gasteiger partial charge in [-0.2, -0.15) is 0 Å². The number of halogens is 1. The maximum absolute atomic E-state index is 6.44. The summed E-state index contributed by atoms with van der Waals surface area (Å²) in [7, 11) is 0. The molecule has 0 fully saturated rings. The summed E-state index contributed by atoms with van der Waals surface area (Å²) in [6.07, 6.45) is 7.07. The molecule has 7 heteroatoms. The first kappa shape index (κ1) is 19.8. The van der Waals surface area contributed by atoms with Gasteiger partial charge in [0.05, 0.1) is 16.7 Å². The molecular formula is C23H20ClN5O. The van der Waals surface area contributed by atoms with Gasteiger partial charge in [-0.15, -0.1) is 0 Å². The molecule has 0 aliphatic heterocycles. The number of fused-ring (bicyclic) bond motifs is 1. The molecule has 0 saturated heterocycles. The Labute approximate surface area is 179 Å². The molecule has 0 spiro atoms. The van der Waals surface area contributed by atoms with E-state index in [4.69, 9.17) is 22.1 Å². The first-order chi connectivity index (χ1) is 14.6. The van der Waals surface area contributed by atoms with Crippen LogP contribution >= 0.6 is 11.6 Å². The maximum atomic E-state index is 6.44. The quantitative estimate of drug-likeness (QED) is 0.431. The molecule has 0 aliphatic rings. The number of nitrogens with two attached hydrogens (primary N) is 1. The number of aryl methyl sites for hydroxylation is 1. The highest BCUT2D eigenvalue weighted by atomic mass is 35.5. The zero-order valence-corrected chi connectivity index (χ0v) is 17.1. The van der Waals surface area contributed by atoms with Gasteiger partial charge in [0.15, 0.2) is 0 Å². The van der Waals surface area contributed by atoms with Gasteiger partial charge in [-0.3, -0.25) is 4.98 Å². The van der Waals surface area contributed by atoms with Crippen LogP contribution in [-0.2, 0) is 0 Å². The Hall–Kier alpha value is -3.48. The van der Waals surface area contributed by atoms with Crippen LogP contribution in [0.2, 0.25) is 5.02 Å². The summed E-state index contributed by atoms with van der Waals surface area (Å²) < 4.78 is 5.83. The van der Waals surface area contributed by atoms with Crippen LogP contribution < -0.4 is 15.8 Å². The van der Waals surface area contributed by atoms with Crippen LogP contribution in [-0.4, -0.2) is 21.5 Å². The lowest BCUT2D eigenvalue weighted by molar-refractivity contribution is 0.480. The molecule has 0 amide bonds. The number of benzene rings is 2. The third kappa shape index (κ3) is 4.56. The fraction of sp³-hybridized carbons (Fsp3) is 0.0870. The Balaban J connectivity index is 1.59. The van der Waals surface area contributed by atoms with Crippen molar-refractivity contribution in [3.8, 4) is 11.5 Å². The summed E-state index contributed by atoms with van der Waals surface area (Å²) >= 11 is 6.44. The van der Waals surface area contributed by atoms with Gasteiger partial charge in [-0.05, 0) is 55.0 Å². The summed E-state index contributed by atoms with van der Waals surface area (Å²) in [4.78, 5) is 13.0. The van der Waals surface area contributed by atoms with Crippen LogP contribution in [0.4, 0.5) is 11.5 Å². The van der Waals surface area contributed by atoms with Gasteiger partial charge in [-0.25, -0.2) is 9.97 Å². The molecule has 2 heterocycles. The average Bonchev–Trinajstić information content (AvgIpc) is 2.76. The summed E-state index contributed by atoms with van der Waals surface area (Å²) in [5.74, 6) is 1.87. The zero-order valence-electron chi connectivity index (χ0n) is 16.3. The third-order valence-corrected chi connectivity index (χ3v) is 4.71. The monoisotopic (exact) mass is 417 g/mol. The van der Waals surface area contributed by atoms with Crippen LogP contribution in [0.1, 0.15) is 11.3 Å². The molecule has 2 aromatic heterocycles. The molecule has 0 atom stereocenters. The van der Waals surface area contributed by atoms with Gasteiger partial charge < -0.3 is 15.8 Å². The Morgan fingerprint density at radius 2 is 1.97 bits per heavy atom. The average molecular weight is 418 g/mol. The molecule has 4 aromatic rings. The minimum atomic E-state index is 0.477. The normalized spacial score (nSPS) is 11.2. The Bertz CT molecular complexity index is 1210. The van der Waals surface area contributed by atoms with Gasteiger partial charge in [0.1, 0.15) is 23.6 Å². The molecule has 30 heavy (non-hydrogen) atoms. The highest BCUT2D eigenvalue weighted by molar-refractivity contribution is 6.32. The van der Waals surface area contributed by atoms with E-state index in [2.05, 4.69) is 20.3 Å². The molecule has 0 aliphatic carbocycles. The summed E-state index contributed by atoms with van der Waals surface area (Å²) in [5, 5.41) is 4.70. The van der Waals surface area contributed by atoms with Crippen LogP contribution in [0, 0.1) is 6.92 Å². The molecule has 0 radical (unpaired) electrons. The van der Waals surface area contributed by atoms with E-state index < -0.39 is 0 Å². The minimum absolute atomic E-state index is 0.477. The fourth-order valence-electron chi connectivity index (χ4n) is 2.92. The van der Waals surface area contributed by atoms with Crippen LogP contribution in [0.3, 0.4) is 0 Å². The van der Waals surface area contributed by atoms with E-state index in [1.54, 1.807) is 12.3 Å². The van der Waals surface area contributed by atoms with Crippen LogP contribution in [0.5, 0.6) is 11.5 Å². The highest BCUT2D eigenvalue weighted by Gasteiger charge is 2.08. The maximum Gasteiger partial charge on any atom is 0.146 e. The predicted molar refractivity (Wildman–Crippen MR) is 121 cm³/mol. The van der Waals surface area contributed by atoms with Crippen molar-refractivity contribution in [2.45, 2.75) is 6.92 Å². The summed E-state index contributed by atoms with van der Waals surface area (Å²) in [6.45, 7) is 2.41. The minimum Gasteiger partial charge on any atom is -0.454 e. The largest absolute Gasteiger partial charge is 0.454 e. The molecule has 0 bridgehead atoms. The van der Waals surface area contributed by atoms with Crippen molar-refractivity contribution in [2.75, 3.05) is 11.9 Å². The molecule has 0 unspecified atom stereocenters. The summed E-state index contributed by atoms with van der Waals surface area (Å²) in [6, 6.07) is 15.2. The number of rotatable bonds is 6. The van der Waals surface area contributed by atoms with Crippen molar-refractivity contribution >= 4 is 40.1 Å². The molecule has 3 N–H and O–H groups in total. The predicted octanol–water partition coefficient (Wildman–Crippen LogP) is 5.49. The van der Waals surface area contributed by atoms with E-state index in [9.17, 15) is 0 Å². The van der Waals surface area contributed by atoms with Gasteiger partial charge in [0, 0.05) is 23.3 Å². The van der Waals surface area contributed by atoms with E-state index in [1.165, 1.54) is 6.33 Å².